The molecule has 1 saturated heterocycles. The molecule has 13 heavy (non-hydrogen) atoms. The first kappa shape index (κ1) is 10.7. The van der Waals surface area contributed by atoms with Gasteiger partial charge in [-0.25, -0.2) is 0 Å². The van der Waals surface area contributed by atoms with E-state index >= 15 is 0 Å². The summed E-state index contributed by atoms with van der Waals surface area (Å²) in [7, 11) is 0. The number of carbonyl (C=O) groups is 1. The van der Waals surface area contributed by atoms with Gasteiger partial charge in [-0.3, -0.25) is 0 Å². The molecule has 0 unspecified atom stereocenters. The number of ether oxygens (including phenoxy) is 2. The van der Waals surface area contributed by atoms with Crippen LogP contribution in [0.25, 0.3) is 0 Å². The fourth-order valence-electron chi connectivity index (χ4n) is 1.22. The molecule has 0 aromatic carbocycles. The van der Waals surface area contributed by atoms with Crippen molar-refractivity contribution in [1.29, 1.82) is 0 Å². The molecule has 0 radical (unpaired) electrons. The van der Waals surface area contributed by atoms with Crippen LogP contribution in [0.1, 0.15) is 34.1 Å². The molecule has 0 aliphatic carbocycles. The highest BCUT2D eigenvalue weighted by Gasteiger charge is 2.38. The molecule has 2 atom stereocenters. The predicted octanol–water partition coefficient (Wildman–Crippen LogP) is 1.75. The summed E-state index contributed by atoms with van der Waals surface area (Å²) in [6.07, 6.45) is 1.23. The highest BCUT2D eigenvalue weighted by molar-refractivity contribution is 5.61. The summed E-state index contributed by atoms with van der Waals surface area (Å²) in [6.45, 7) is 8.51. The van der Waals surface area contributed by atoms with E-state index in [2.05, 4.69) is 0 Å². The van der Waals surface area contributed by atoms with Crippen LogP contribution in [0, 0.1) is 5.41 Å². The zero-order chi connectivity index (χ0) is 10.1. The van der Waals surface area contributed by atoms with Crippen molar-refractivity contribution >= 4 is 6.29 Å². The van der Waals surface area contributed by atoms with Gasteiger partial charge in [-0.05, 0) is 6.92 Å². The first-order chi connectivity index (χ1) is 5.87. The maximum atomic E-state index is 10.8. The van der Waals surface area contributed by atoms with E-state index in [4.69, 9.17) is 9.47 Å². The van der Waals surface area contributed by atoms with Gasteiger partial charge in [0.2, 0.25) is 0 Å². The molecule has 3 heteroatoms. The van der Waals surface area contributed by atoms with E-state index in [1.165, 1.54) is 0 Å². The van der Waals surface area contributed by atoms with Crippen molar-refractivity contribution in [2.75, 3.05) is 6.61 Å². The largest absolute Gasteiger partial charge is 0.352 e. The fourth-order valence-corrected chi connectivity index (χ4v) is 1.22. The molecule has 0 spiro atoms. The number of hydrogen-bond donors (Lipinski definition) is 0. The van der Waals surface area contributed by atoms with E-state index in [0.29, 0.717) is 13.0 Å². The minimum atomic E-state index is -0.657. The van der Waals surface area contributed by atoms with Gasteiger partial charge in [0.05, 0.1) is 6.61 Å². The topological polar surface area (TPSA) is 35.5 Å². The van der Waals surface area contributed by atoms with Gasteiger partial charge in [0.1, 0.15) is 5.60 Å². The van der Waals surface area contributed by atoms with Crippen LogP contribution in [0.3, 0.4) is 0 Å². The van der Waals surface area contributed by atoms with E-state index in [0.717, 1.165) is 6.29 Å². The van der Waals surface area contributed by atoms with Gasteiger partial charge in [-0.1, -0.05) is 20.8 Å². The van der Waals surface area contributed by atoms with Crippen LogP contribution in [-0.2, 0) is 14.3 Å². The SMILES string of the molecule is CC(C)(C)[C@H]1OCC[C@](C)(C=O)O1. The van der Waals surface area contributed by atoms with Crippen molar-refractivity contribution < 1.29 is 14.3 Å². The van der Waals surface area contributed by atoms with Crippen LogP contribution in [0.4, 0.5) is 0 Å². The first-order valence-electron chi connectivity index (χ1n) is 4.63. The average Bonchev–Trinajstić information content (AvgIpc) is 2.03. The number of aldehydes is 1. The maximum absolute atomic E-state index is 10.8. The van der Waals surface area contributed by atoms with Crippen LogP contribution in [0.5, 0.6) is 0 Å². The maximum Gasteiger partial charge on any atom is 0.163 e. The fraction of sp³-hybridized carbons (Fsp3) is 0.900. The molecular weight excluding hydrogens is 168 g/mol. The lowest BCUT2D eigenvalue weighted by Crippen LogP contribution is -2.47. The Bertz CT molecular complexity index is 195. The minimum absolute atomic E-state index is 0.0787. The second kappa shape index (κ2) is 3.39. The number of hydrogen-bond acceptors (Lipinski definition) is 3. The van der Waals surface area contributed by atoms with Crippen molar-refractivity contribution in [1.82, 2.24) is 0 Å². The Morgan fingerprint density at radius 3 is 2.54 bits per heavy atom. The van der Waals surface area contributed by atoms with Gasteiger partial charge in [0, 0.05) is 11.8 Å². The summed E-state index contributed by atoms with van der Waals surface area (Å²) in [4.78, 5) is 10.8. The molecule has 0 N–H and O–H groups in total. The van der Waals surface area contributed by atoms with Crippen LogP contribution in [0.15, 0.2) is 0 Å². The van der Waals surface area contributed by atoms with Gasteiger partial charge >= 0.3 is 0 Å². The molecule has 3 nitrogen and oxygen atoms in total. The lowest BCUT2D eigenvalue weighted by molar-refractivity contribution is -0.273. The van der Waals surface area contributed by atoms with E-state index in [1.54, 1.807) is 6.92 Å². The summed E-state index contributed by atoms with van der Waals surface area (Å²) < 4.78 is 11.1. The van der Waals surface area contributed by atoms with Crippen LogP contribution in [-0.4, -0.2) is 24.8 Å². The third-order valence-corrected chi connectivity index (χ3v) is 2.20. The Kier molecular flexibility index (Phi) is 2.78. The third-order valence-electron chi connectivity index (χ3n) is 2.20. The smallest absolute Gasteiger partial charge is 0.163 e. The van der Waals surface area contributed by atoms with Crippen LogP contribution < -0.4 is 0 Å². The number of rotatable bonds is 1. The molecule has 0 bridgehead atoms. The Balaban J connectivity index is 2.67. The zero-order valence-electron chi connectivity index (χ0n) is 8.79. The third kappa shape index (κ3) is 2.51. The van der Waals surface area contributed by atoms with Gasteiger partial charge in [0.15, 0.2) is 12.6 Å². The summed E-state index contributed by atoms with van der Waals surface area (Å²) in [6, 6.07) is 0. The minimum Gasteiger partial charge on any atom is -0.352 e. The Hall–Kier alpha value is -0.410. The van der Waals surface area contributed by atoms with E-state index < -0.39 is 5.60 Å². The monoisotopic (exact) mass is 186 g/mol. The summed E-state index contributed by atoms with van der Waals surface area (Å²) in [5.74, 6) is 0. The second-order valence-electron chi connectivity index (χ2n) is 4.87. The van der Waals surface area contributed by atoms with Gasteiger partial charge in [0.25, 0.3) is 0 Å². The van der Waals surface area contributed by atoms with E-state index in [1.807, 2.05) is 20.8 Å². The normalized spacial score (nSPS) is 35.8. The zero-order valence-corrected chi connectivity index (χ0v) is 8.79. The van der Waals surface area contributed by atoms with E-state index in [9.17, 15) is 4.79 Å². The highest BCUT2D eigenvalue weighted by Crippen LogP contribution is 2.31. The quantitative estimate of drug-likeness (QED) is 0.585. The van der Waals surface area contributed by atoms with Crippen molar-refractivity contribution in [3.63, 3.8) is 0 Å². The summed E-state index contributed by atoms with van der Waals surface area (Å²) in [5, 5.41) is 0. The molecule has 0 aromatic heterocycles. The molecule has 1 heterocycles. The molecule has 0 amide bonds. The van der Waals surface area contributed by atoms with E-state index in [-0.39, 0.29) is 11.7 Å². The predicted molar refractivity (Wildman–Crippen MR) is 49.4 cm³/mol. The van der Waals surface area contributed by atoms with Crippen LogP contribution in [0.2, 0.25) is 0 Å². The molecular formula is C10H18O3. The Morgan fingerprint density at radius 1 is 1.46 bits per heavy atom. The second-order valence-corrected chi connectivity index (χ2v) is 4.87. The molecule has 0 aromatic rings. The lowest BCUT2D eigenvalue weighted by atomic mass is 9.93. The van der Waals surface area contributed by atoms with Crippen molar-refractivity contribution in [3.8, 4) is 0 Å². The highest BCUT2D eigenvalue weighted by atomic mass is 16.7. The van der Waals surface area contributed by atoms with Crippen LogP contribution >= 0.6 is 0 Å². The lowest BCUT2D eigenvalue weighted by Gasteiger charge is -2.40. The molecule has 1 fully saturated rings. The Labute approximate surface area is 79.4 Å². The van der Waals surface area contributed by atoms with Crippen molar-refractivity contribution in [2.24, 2.45) is 5.41 Å². The summed E-state index contributed by atoms with van der Waals surface area (Å²) in [5.41, 5.74) is -0.735. The van der Waals surface area contributed by atoms with Crippen molar-refractivity contribution in [2.45, 2.75) is 46.0 Å². The average molecular weight is 186 g/mol. The standard InChI is InChI=1S/C10H18O3/c1-9(2,3)8-12-6-5-10(4,7-11)13-8/h7-8H,5-6H2,1-4H3/t8-,10+/m0/s1. The molecule has 1 aliphatic heterocycles. The van der Waals surface area contributed by atoms with Gasteiger partial charge < -0.3 is 14.3 Å². The molecule has 76 valence electrons. The molecule has 0 saturated carbocycles. The number of carbonyl (C=O) groups excluding carboxylic acids is 1. The Morgan fingerprint density at radius 2 is 2.08 bits per heavy atom. The van der Waals surface area contributed by atoms with Crippen molar-refractivity contribution in [3.05, 3.63) is 0 Å². The first-order valence-corrected chi connectivity index (χ1v) is 4.63. The molecule has 1 rings (SSSR count). The summed E-state index contributed by atoms with van der Waals surface area (Å²) >= 11 is 0. The molecule has 1 aliphatic rings. The van der Waals surface area contributed by atoms with Gasteiger partial charge in [-0.2, -0.15) is 0 Å². The van der Waals surface area contributed by atoms with Gasteiger partial charge in [-0.15, -0.1) is 0 Å².